The van der Waals surface area contributed by atoms with Crippen LogP contribution in [0.3, 0.4) is 0 Å². The Balaban J connectivity index is 1.99. The Kier molecular flexibility index (Phi) is 8.91. The third-order valence-corrected chi connectivity index (χ3v) is 4.85. The lowest BCUT2D eigenvalue weighted by atomic mass is 10.1. The summed E-state index contributed by atoms with van der Waals surface area (Å²) in [4.78, 5) is 13.2. The van der Waals surface area contributed by atoms with Gasteiger partial charge in [-0.15, -0.1) is 0 Å². The van der Waals surface area contributed by atoms with Gasteiger partial charge in [0.05, 0.1) is 5.69 Å². The van der Waals surface area contributed by atoms with Crippen LogP contribution in [0.1, 0.15) is 11.1 Å². The number of guanidine groups is 4. The molecule has 0 atom stereocenters. The van der Waals surface area contributed by atoms with Gasteiger partial charge in [-0.25, -0.2) is 0 Å². The van der Waals surface area contributed by atoms with E-state index in [2.05, 4.69) is 20.3 Å². The zero-order valence-electron chi connectivity index (χ0n) is 19.1. The van der Waals surface area contributed by atoms with Gasteiger partial charge in [0.15, 0.2) is 34.9 Å². The van der Waals surface area contributed by atoms with Gasteiger partial charge in [-0.3, -0.25) is 20.3 Å². The molecule has 2 aromatic rings. The van der Waals surface area contributed by atoms with E-state index in [4.69, 9.17) is 28.3 Å². The first kappa shape index (κ1) is 26.4. The Hall–Kier alpha value is -4.88. The number of rotatable bonds is 7. The summed E-state index contributed by atoms with van der Waals surface area (Å²) >= 11 is 0. The molecule has 0 saturated heterocycles. The van der Waals surface area contributed by atoms with E-state index in [1.54, 1.807) is 18.2 Å². The largest absolute Gasteiger partial charge is 0.504 e. The first-order valence-electron chi connectivity index (χ1n) is 10.3. The topological polar surface area (TPSA) is 261 Å². The highest BCUT2D eigenvalue weighted by Gasteiger charge is 2.13. The lowest BCUT2D eigenvalue weighted by molar-refractivity contribution is 0.399. The minimum absolute atomic E-state index is 0.0430. The number of phenols is 4. The highest BCUT2D eigenvalue weighted by atomic mass is 16.3. The Bertz CT molecular complexity index is 1160. The van der Waals surface area contributed by atoms with Crippen LogP contribution in [-0.2, 0) is 12.8 Å². The van der Waals surface area contributed by atoms with Crippen LogP contribution in [0.25, 0.3) is 0 Å². The lowest BCUT2D eigenvalue weighted by Crippen LogP contribution is -2.42. The molecule has 0 aromatic heterocycles. The van der Waals surface area contributed by atoms with E-state index < -0.39 is 5.75 Å². The van der Waals surface area contributed by atoms with Crippen LogP contribution in [0.2, 0.25) is 0 Å². The molecule has 0 spiro atoms. The SMILES string of the molecule is CN(C(=N)N)C(N)=NCCc1ccc(NC(N)=NC(N)=NCCc2cccc(O)c2O)c(O)c1O. The van der Waals surface area contributed by atoms with Crippen molar-refractivity contribution in [1.29, 1.82) is 5.41 Å². The molecule has 0 fully saturated rings. The van der Waals surface area contributed by atoms with E-state index in [0.717, 1.165) is 0 Å². The zero-order valence-corrected chi connectivity index (χ0v) is 19.1. The molecule has 0 unspecified atom stereocenters. The number of phenolic OH excluding ortho intramolecular Hbond substituents is 4. The summed E-state index contributed by atoms with van der Waals surface area (Å²) in [6.45, 7) is 0.357. The smallest absolute Gasteiger partial charge is 0.218 e. The van der Waals surface area contributed by atoms with E-state index in [-0.39, 0.29) is 66.3 Å². The van der Waals surface area contributed by atoms with Gasteiger partial charge < -0.3 is 48.7 Å². The van der Waals surface area contributed by atoms with E-state index in [0.29, 0.717) is 17.5 Å². The number of nitrogens with one attached hydrogen (secondary N) is 2. The average molecular weight is 487 g/mol. The van der Waals surface area contributed by atoms with E-state index in [1.807, 2.05) is 0 Å². The molecule has 0 aliphatic carbocycles. The number of aromatic hydroxyl groups is 4. The number of benzene rings is 2. The van der Waals surface area contributed by atoms with Crippen molar-refractivity contribution in [3.05, 3.63) is 41.5 Å². The maximum atomic E-state index is 10.3. The van der Waals surface area contributed by atoms with Crippen LogP contribution in [0.15, 0.2) is 45.3 Å². The maximum Gasteiger partial charge on any atom is 0.218 e. The van der Waals surface area contributed by atoms with Crippen molar-refractivity contribution < 1.29 is 20.4 Å². The van der Waals surface area contributed by atoms with Gasteiger partial charge in [-0.2, -0.15) is 4.99 Å². The number of hydrogen-bond donors (Lipinski definition) is 10. The second-order valence-corrected chi connectivity index (χ2v) is 7.30. The third-order valence-electron chi connectivity index (χ3n) is 4.85. The molecular weight excluding hydrogens is 456 g/mol. The first-order valence-corrected chi connectivity index (χ1v) is 10.3. The van der Waals surface area contributed by atoms with Gasteiger partial charge in [0, 0.05) is 20.1 Å². The Morgan fingerprint density at radius 3 is 2.17 bits per heavy atom. The molecule has 0 saturated carbocycles. The van der Waals surface area contributed by atoms with Crippen molar-refractivity contribution in [1.82, 2.24) is 4.90 Å². The molecule has 0 aliphatic rings. The molecule has 2 aromatic carbocycles. The van der Waals surface area contributed by atoms with Crippen LogP contribution < -0.4 is 28.3 Å². The molecule has 0 radical (unpaired) electrons. The van der Waals surface area contributed by atoms with Crippen LogP contribution in [-0.4, -0.2) is 69.3 Å². The van der Waals surface area contributed by atoms with Crippen molar-refractivity contribution in [2.75, 3.05) is 25.5 Å². The predicted molar refractivity (Wildman–Crippen MR) is 135 cm³/mol. The number of aliphatic imine (C=N–C) groups is 3. The summed E-state index contributed by atoms with van der Waals surface area (Å²) in [5.41, 5.74) is 23.6. The van der Waals surface area contributed by atoms with Crippen molar-refractivity contribution >= 4 is 29.5 Å². The molecule has 188 valence electrons. The predicted octanol–water partition coefficient (Wildman–Crippen LogP) is -0.525. The van der Waals surface area contributed by atoms with Gasteiger partial charge >= 0.3 is 0 Å². The third kappa shape index (κ3) is 7.31. The minimum atomic E-state index is -0.451. The fraction of sp³-hybridized carbons (Fsp3) is 0.238. The normalized spacial score (nSPS) is 12.4. The van der Waals surface area contributed by atoms with Crippen molar-refractivity contribution in [2.24, 2.45) is 37.9 Å². The molecule has 14 nitrogen and oxygen atoms in total. The highest BCUT2D eigenvalue weighted by Crippen LogP contribution is 2.36. The number of hydrogen-bond acceptors (Lipinski definition) is 7. The van der Waals surface area contributed by atoms with E-state index in [9.17, 15) is 20.4 Å². The molecule has 0 heterocycles. The Labute approximate surface area is 201 Å². The summed E-state index contributed by atoms with van der Waals surface area (Å²) in [5, 5.41) is 49.8. The van der Waals surface area contributed by atoms with Crippen LogP contribution in [0.4, 0.5) is 5.69 Å². The molecule has 14 heteroatoms. The summed E-state index contributed by atoms with van der Waals surface area (Å²) in [5.74, 6) is -1.82. The fourth-order valence-electron chi connectivity index (χ4n) is 2.84. The van der Waals surface area contributed by atoms with Gasteiger partial charge in [-0.1, -0.05) is 18.2 Å². The molecule has 2 rings (SSSR count). The monoisotopic (exact) mass is 486 g/mol. The zero-order chi connectivity index (χ0) is 26.1. The summed E-state index contributed by atoms with van der Waals surface area (Å²) in [7, 11) is 1.49. The summed E-state index contributed by atoms with van der Waals surface area (Å²) in [6, 6.07) is 7.65. The standard InChI is InChI=1S/C21H30N10O4/c1-31(18(22)23)21(26)28-10-8-12-5-6-13(17(35)16(12)34)29-20(25)30-19(24)27-9-7-11-3-2-4-14(32)15(11)33/h2-6,32-35H,7-10H2,1H3,(H3,22,23)(H2,26,28)(H5,24,25,27,29,30). The van der Waals surface area contributed by atoms with Gasteiger partial charge in [0.25, 0.3) is 0 Å². The quantitative estimate of drug-likeness (QED) is 0.136. The van der Waals surface area contributed by atoms with E-state index >= 15 is 0 Å². The van der Waals surface area contributed by atoms with Crippen molar-refractivity contribution in [2.45, 2.75) is 12.8 Å². The molecule has 14 N–H and O–H groups in total. The average Bonchev–Trinajstić information content (AvgIpc) is 2.80. The molecule has 0 amide bonds. The van der Waals surface area contributed by atoms with Gasteiger partial charge in [-0.05, 0) is 36.1 Å². The van der Waals surface area contributed by atoms with Crippen molar-refractivity contribution in [3.63, 3.8) is 0 Å². The fourth-order valence-corrected chi connectivity index (χ4v) is 2.84. The minimum Gasteiger partial charge on any atom is -0.504 e. The first-order chi connectivity index (χ1) is 16.5. The lowest BCUT2D eigenvalue weighted by Gasteiger charge is -2.15. The Morgan fingerprint density at radius 2 is 1.51 bits per heavy atom. The number of anilines is 1. The second-order valence-electron chi connectivity index (χ2n) is 7.30. The molecule has 0 aliphatic heterocycles. The summed E-state index contributed by atoms with van der Waals surface area (Å²) < 4.78 is 0. The Morgan fingerprint density at radius 1 is 0.886 bits per heavy atom. The van der Waals surface area contributed by atoms with E-state index in [1.165, 1.54) is 24.1 Å². The molecule has 0 bridgehead atoms. The van der Waals surface area contributed by atoms with Crippen molar-refractivity contribution in [3.8, 4) is 23.0 Å². The second kappa shape index (κ2) is 11.8. The van der Waals surface area contributed by atoms with Crippen LogP contribution in [0, 0.1) is 5.41 Å². The summed E-state index contributed by atoms with van der Waals surface area (Å²) in [6.07, 6.45) is 0.560. The maximum absolute atomic E-state index is 10.3. The molecular formula is C21H30N10O4. The van der Waals surface area contributed by atoms with Gasteiger partial charge in [0.1, 0.15) is 0 Å². The number of para-hydroxylation sites is 1. The number of nitrogens with two attached hydrogens (primary N) is 4. The van der Waals surface area contributed by atoms with Crippen LogP contribution >= 0.6 is 0 Å². The number of nitrogens with zero attached hydrogens (tertiary/aromatic N) is 4. The van der Waals surface area contributed by atoms with Gasteiger partial charge in [0.2, 0.25) is 11.9 Å². The molecule has 35 heavy (non-hydrogen) atoms. The van der Waals surface area contributed by atoms with Crippen LogP contribution in [0.5, 0.6) is 23.0 Å². The highest BCUT2D eigenvalue weighted by molar-refractivity contribution is 6.01.